The first-order chi connectivity index (χ1) is 11.3. The zero-order valence-electron chi connectivity index (χ0n) is 12.2. The summed E-state index contributed by atoms with van der Waals surface area (Å²) < 4.78 is 6.63. The number of carboxylic acids is 2. The molecular formula is C12H15N5O7. The molecule has 0 atom stereocenters. The molecule has 2 rings (SSSR count). The van der Waals surface area contributed by atoms with Gasteiger partial charge in [0.15, 0.2) is 11.2 Å². The van der Waals surface area contributed by atoms with Crippen LogP contribution < -0.4 is 11.3 Å². The van der Waals surface area contributed by atoms with Crippen molar-refractivity contribution in [1.29, 1.82) is 0 Å². The summed E-state index contributed by atoms with van der Waals surface area (Å²) in [5.41, 5.74) is 5.60. The predicted molar refractivity (Wildman–Crippen MR) is 80.0 cm³/mol. The smallest absolute Gasteiger partial charge is 0.328 e. The van der Waals surface area contributed by atoms with Gasteiger partial charge in [0.05, 0.1) is 19.5 Å². The second-order valence-electron chi connectivity index (χ2n) is 4.11. The highest BCUT2D eigenvalue weighted by molar-refractivity contribution is 5.89. The number of nitrogens with zero attached hydrogens (tertiary/aromatic N) is 3. The Labute approximate surface area is 133 Å². The lowest BCUT2D eigenvalue weighted by Crippen LogP contribution is -2.13. The van der Waals surface area contributed by atoms with E-state index in [0.29, 0.717) is 17.8 Å². The number of H-pyrrole nitrogens is 1. The van der Waals surface area contributed by atoms with Crippen molar-refractivity contribution in [2.45, 2.75) is 6.73 Å². The number of nitrogens with one attached hydrogen (secondary N) is 1. The van der Waals surface area contributed by atoms with Gasteiger partial charge in [-0.15, -0.1) is 0 Å². The molecule has 0 amide bonds. The first-order valence-corrected chi connectivity index (χ1v) is 6.38. The third kappa shape index (κ3) is 5.86. The number of aliphatic carboxylic acids is 2. The maximum absolute atomic E-state index is 11.4. The Morgan fingerprint density at radius 3 is 2.50 bits per heavy atom. The monoisotopic (exact) mass is 341 g/mol. The molecule has 6 N–H and O–H groups in total. The topological polar surface area (TPSA) is 194 Å². The van der Waals surface area contributed by atoms with Gasteiger partial charge in [-0.05, 0) is 0 Å². The molecule has 0 aromatic carbocycles. The zero-order valence-corrected chi connectivity index (χ0v) is 12.2. The SMILES string of the molecule is Nc1nc2c(ncn2COCCO)c(=O)[nH]1.O=C(O)/C=C\C(=O)O. The van der Waals surface area contributed by atoms with Crippen LogP contribution in [0.15, 0.2) is 23.3 Å². The van der Waals surface area contributed by atoms with Gasteiger partial charge in [-0.2, -0.15) is 4.98 Å². The number of carboxylic acid groups (broad SMARTS) is 2. The molecule has 12 heteroatoms. The lowest BCUT2D eigenvalue weighted by atomic mass is 10.5. The molecule has 0 bridgehead atoms. The number of imidazole rings is 1. The van der Waals surface area contributed by atoms with Crippen LogP contribution in [0.25, 0.3) is 11.2 Å². The molecule has 2 aromatic heterocycles. The van der Waals surface area contributed by atoms with Crippen molar-refractivity contribution in [2.24, 2.45) is 0 Å². The van der Waals surface area contributed by atoms with Crippen molar-refractivity contribution in [2.75, 3.05) is 18.9 Å². The molecular weight excluding hydrogens is 326 g/mol. The number of aliphatic hydroxyl groups is 1. The van der Waals surface area contributed by atoms with Crippen molar-refractivity contribution in [1.82, 2.24) is 19.5 Å². The normalized spacial score (nSPS) is 10.5. The third-order valence-corrected chi connectivity index (χ3v) is 2.33. The minimum absolute atomic E-state index is 0.0291. The van der Waals surface area contributed by atoms with E-state index in [0.717, 1.165) is 0 Å². The third-order valence-electron chi connectivity index (χ3n) is 2.33. The van der Waals surface area contributed by atoms with Crippen LogP contribution in [0, 0.1) is 0 Å². The molecule has 0 saturated heterocycles. The average Bonchev–Trinajstić information content (AvgIpc) is 2.89. The first-order valence-electron chi connectivity index (χ1n) is 6.38. The Bertz CT molecular complexity index is 779. The molecule has 12 nitrogen and oxygen atoms in total. The molecule has 0 fully saturated rings. The summed E-state index contributed by atoms with van der Waals surface area (Å²) >= 11 is 0. The second-order valence-corrected chi connectivity index (χ2v) is 4.11. The van der Waals surface area contributed by atoms with E-state index in [1.807, 2.05) is 0 Å². The van der Waals surface area contributed by atoms with Crippen LogP contribution in [-0.4, -0.2) is 60.0 Å². The fourth-order valence-electron chi connectivity index (χ4n) is 1.44. The number of hydrogen-bond acceptors (Lipinski definition) is 8. The molecule has 0 radical (unpaired) electrons. The first kappa shape index (κ1) is 18.8. The van der Waals surface area contributed by atoms with Crippen molar-refractivity contribution >= 4 is 29.1 Å². The number of ether oxygens (including phenoxy) is 1. The van der Waals surface area contributed by atoms with E-state index in [1.54, 1.807) is 0 Å². The van der Waals surface area contributed by atoms with Gasteiger partial charge in [0.25, 0.3) is 5.56 Å². The van der Waals surface area contributed by atoms with E-state index in [4.69, 9.17) is 25.8 Å². The van der Waals surface area contributed by atoms with Crippen LogP contribution >= 0.6 is 0 Å². The summed E-state index contributed by atoms with van der Waals surface area (Å²) in [6.07, 6.45) is 2.55. The van der Waals surface area contributed by atoms with Gasteiger partial charge in [0, 0.05) is 12.2 Å². The number of anilines is 1. The fourth-order valence-corrected chi connectivity index (χ4v) is 1.44. The van der Waals surface area contributed by atoms with Gasteiger partial charge in [-0.25, -0.2) is 14.6 Å². The Morgan fingerprint density at radius 2 is 1.96 bits per heavy atom. The summed E-state index contributed by atoms with van der Waals surface area (Å²) in [7, 11) is 0. The Hall–Kier alpha value is -3.25. The van der Waals surface area contributed by atoms with Crippen LogP contribution in [0.2, 0.25) is 0 Å². The highest BCUT2D eigenvalue weighted by atomic mass is 16.5. The number of rotatable bonds is 6. The van der Waals surface area contributed by atoms with E-state index in [1.165, 1.54) is 10.9 Å². The largest absolute Gasteiger partial charge is 0.478 e. The molecule has 24 heavy (non-hydrogen) atoms. The molecule has 0 unspecified atom stereocenters. The molecule has 2 aromatic rings. The number of nitrogen functional groups attached to an aromatic ring is 1. The standard InChI is InChI=1S/C8H11N5O3.C4H4O4/c9-8-11-6-5(7(15)12-8)10-3-13(6)4-16-2-1-14;5-3(6)1-2-4(7)8/h3,14H,1-2,4H2,(H3,9,11,12,15);1-2H,(H,5,6)(H,7,8)/b;2-1-. The second kappa shape index (κ2) is 9.02. The maximum atomic E-state index is 11.4. The quantitative estimate of drug-likeness (QED) is 0.301. The van der Waals surface area contributed by atoms with E-state index >= 15 is 0 Å². The number of aromatic amines is 1. The maximum Gasteiger partial charge on any atom is 0.328 e. The zero-order chi connectivity index (χ0) is 18.1. The van der Waals surface area contributed by atoms with Crippen LogP contribution in [0.5, 0.6) is 0 Å². The predicted octanol–water partition coefficient (Wildman–Crippen LogP) is -1.62. The number of aromatic nitrogens is 4. The molecule has 0 aliphatic rings. The molecule has 0 aliphatic carbocycles. The van der Waals surface area contributed by atoms with E-state index in [2.05, 4.69) is 15.0 Å². The van der Waals surface area contributed by atoms with Gasteiger partial charge in [0.1, 0.15) is 6.73 Å². The number of carbonyl (C=O) groups is 2. The number of nitrogens with two attached hydrogens (primary N) is 1. The van der Waals surface area contributed by atoms with E-state index < -0.39 is 11.9 Å². The Morgan fingerprint density at radius 1 is 1.33 bits per heavy atom. The number of hydrogen-bond donors (Lipinski definition) is 5. The summed E-state index contributed by atoms with van der Waals surface area (Å²) in [6.45, 7) is 0.300. The summed E-state index contributed by atoms with van der Waals surface area (Å²) in [5.74, 6) is -2.48. The number of fused-ring (bicyclic) bond motifs is 1. The average molecular weight is 341 g/mol. The minimum Gasteiger partial charge on any atom is -0.478 e. The fraction of sp³-hybridized carbons (Fsp3) is 0.250. The van der Waals surface area contributed by atoms with Crippen LogP contribution in [0.4, 0.5) is 5.95 Å². The van der Waals surface area contributed by atoms with Crippen LogP contribution in [-0.2, 0) is 21.1 Å². The van der Waals surface area contributed by atoms with E-state index in [-0.39, 0.29) is 37.0 Å². The molecule has 0 spiro atoms. The van der Waals surface area contributed by atoms with Crippen LogP contribution in [0.3, 0.4) is 0 Å². The molecule has 0 aliphatic heterocycles. The Balaban J connectivity index is 0.000000307. The van der Waals surface area contributed by atoms with Gasteiger partial charge in [-0.1, -0.05) is 0 Å². The Kier molecular flexibility index (Phi) is 7.06. The number of aliphatic hydroxyl groups excluding tert-OH is 1. The molecule has 130 valence electrons. The summed E-state index contributed by atoms with van der Waals surface area (Å²) in [5, 5.41) is 24.2. The van der Waals surface area contributed by atoms with Crippen molar-refractivity contribution in [3.8, 4) is 0 Å². The molecule has 0 saturated carbocycles. The van der Waals surface area contributed by atoms with Crippen molar-refractivity contribution < 1.29 is 29.6 Å². The minimum atomic E-state index is -1.26. The summed E-state index contributed by atoms with van der Waals surface area (Å²) in [4.78, 5) is 40.7. The van der Waals surface area contributed by atoms with Gasteiger partial charge < -0.3 is 25.8 Å². The van der Waals surface area contributed by atoms with Crippen molar-refractivity contribution in [3.05, 3.63) is 28.8 Å². The van der Waals surface area contributed by atoms with Gasteiger partial charge >= 0.3 is 11.9 Å². The van der Waals surface area contributed by atoms with Crippen molar-refractivity contribution in [3.63, 3.8) is 0 Å². The lowest BCUT2D eigenvalue weighted by Gasteiger charge is -2.03. The summed E-state index contributed by atoms with van der Waals surface area (Å²) in [6, 6.07) is 0. The highest BCUT2D eigenvalue weighted by Gasteiger charge is 2.08. The molecule has 2 heterocycles. The lowest BCUT2D eigenvalue weighted by molar-refractivity contribution is -0.134. The van der Waals surface area contributed by atoms with Crippen LogP contribution in [0.1, 0.15) is 0 Å². The van der Waals surface area contributed by atoms with E-state index in [9.17, 15) is 14.4 Å². The van der Waals surface area contributed by atoms with Gasteiger partial charge in [0.2, 0.25) is 5.95 Å². The highest BCUT2D eigenvalue weighted by Crippen LogP contribution is 2.05. The van der Waals surface area contributed by atoms with Gasteiger partial charge in [-0.3, -0.25) is 14.3 Å².